The van der Waals surface area contributed by atoms with Crippen LogP contribution >= 0.6 is 0 Å². The molecule has 0 saturated carbocycles. The van der Waals surface area contributed by atoms with Crippen LogP contribution in [0.15, 0.2) is 71.9 Å². The molecule has 11 heteroatoms. The topological polar surface area (TPSA) is 129 Å². The van der Waals surface area contributed by atoms with Gasteiger partial charge in [-0.05, 0) is 54.1 Å². The highest BCUT2D eigenvalue weighted by Gasteiger charge is 2.26. The van der Waals surface area contributed by atoms with Crippen LogP contribution in [-0.4, -0.2) is 44.0 Å². The molecule has 0 bridgehead atoms. The van der Waals surface area contributed by atoms with Crippen LogP contribution in [0.1, 0.15) is 12.5 Å². The summed E-state index contributed by atoms with van der Waals surface area (Å²) in [6, 6.07) is 18.4. The Morgan fingerprint density at radius 2 is 1.49 bits per heavy atom. The predicted octanol–water partition coefficient (Wildman–Crippen LogP) is 3.62. The number of nitrogens with one attached hydrogen (secondary N) is 2. The van der Waals surface area contributed by atoms with Gasteiger partial charge in [-0.2, -0.15) is 0 Å². The Kier molecular flexibility index (Phi) is 7.44. The molecule has 3 aromatic carbocycles. The number of carbonyl (C=O) groups is 2. The third kappa shape index (κ3) is 6.07. The maximum Gasteiger partial charge on any atom is 0.244 e. The summed E-state index contributed by atoms with van der Waals surface area (Å²) in [6.45, 7) is 1.13. The second-order valence-corrected chi connectivity index (χ2v) is 10.1. The number of imidazole rings is 1. The number of para-hydroxylation sites is 2. The van der Waals surface area contributed by atoms with Crippen LogP contribution in [0.3, 0.4) is 0 Å². The summed E-state index contributed by atoms with van der Waals surface area (Å²) in [4.78, 5) is 28.5. The summed E-state index contributed by atoms with van der Waals surface area (Å²) in [5.74, 6) is -0.0837. The summed E-state index contributed by atoms with van der Waals surface area (Å²) in [5, 5.41) is 5.19. The van der Waals surface area contributed by atoms with Crippen molar-refractivity contribution in [1.29, 1.82) is 0 Å². The standard InChI is InChI=1S/C26H26N4O6S/c1-17(31)27-19-8-10-20(11-9-19)28-25(32)15-30-24-7-5-4-6-23(24)29-26(30)37(33,34)16-18-12-21(35-2)14-22(13-18)36-3/h4-14H,15-16H2,1-3H3,(H,27,31)(H,28,32). The summed E-state index contributed by atoms with van der Waals surface area (Å²) in [5.41, 5.74) is 2.51. The largest absolute Gasteiger partial charge is 0.497 e. The van der Waals surface area contributed by atoms with Gasteiger partial charge in [0.25, 0.3) is 0 Å². The summed E-state index contributed by atoms with van der Waals surface area (Å²) < 4.78 is 39.0. The van der Waals surface area contributed by atoms with Crippen LogP contribution in [0.25, 0.3) is 11.0 Å². The van der Waals surface area contributed by atoms with E-state index in [2.05, 4.69) is 15.6 Å². The lowest BCUT2D eigenvalue weighted by molar-refractivity contribution is -0.117. The first-order chi connectivity index (χ1) is 17.7. The van der Waals surface area contributed by atoms with Gasteiger partial charge in [0.1, 0.15) is 18.0 Å². The van der Waals surface area contributed by atoms with Gasteiger partial charge in [0.15, 0.2) is 0 Å². The van der Waals surface area contributed by atoms with Crippen molar-refractivity contribution in [2.24, 2.45) is 0 Å². The van der Waals surface area contributed by atoms with E-state index in [0.29, 0.717) is 39.5 Å². The van der Waals surface area contributed by atoms with Crippen molar-refractivity contribution in [3.8, 4) is 11.5 Å². The van der Waals surface area contributed by atoms with Gasteiger partial charge < -0.3 is 24.7 Å². The van der Waals surface area contributed by atoms with Crippen LogP contribution in [0, 0.1) is 0 Å². The molecule has 1 aromatic heterocycles. The van der Waals surface area contributed by atoms with Gasteiger partial charge in [0, 0.05) is 24.4 Å². The van der Waals surface area contributed by atoms with Crippen LogP contribution < -0.4 is 20.1 Å². The number of fused-ring (bicyclic) bond motifs is 1. The molecule has 0 radical (unpaired) electrons. The fraction of sp³-hybridized carbons (Fsp3) is 0.192. The Morgan fingerprint density at radius 1 is 0.892 bits per heavy atom. The average Bonchev–Trinajstić information content (AvgIpc) is 3.23. The summed E-state index contributed by atoms with van der Waals surface area (Å²) >= 11 is 0. The minimum atomic E-state index is -3.97. The number of rotatable bonds is 9. The van der Waals surface area contributed by atoms with E-state index in [4.69, 9.17) is 9.47 Å². The van der Waals surface area contributed by atoms with Crippen molar-refractivity contribution in [3.63, 3.8) is 0 Å². The van der Waals surface area contributed by atoms with Gasteiger partial charge in [-0.1, -0.05) is 12.1 Å². The van der Waals surface area contributed by atoms with Gasteiger partial charge in [0.05, 0.1) is 31.0 Å². The molecule has 0 aliphatic heterocycles. The summed E-state index contributed by atoms with van der Waals surface area (Å²) in [6.07, 6.45) is 0. The molecule has 0 unspecified atom stereocenters. The normalized spacial score (nSPS) is 11.2. The highest BCUT2D eigenvalue weighted by atomic mass is 32.2. The number of anilines is 2. The molecule has 192 valence electrons. The zero-order valence-electron chi connectivity index (χ0n) is 20.5. The number of amides is 2. The molecule has 37 heavy (non-hydrogen) atoms. The van der Waals surface area contributed by atoms with Crippen molar-refractivity contribution in [2.45, 2.75) is 24.4 Å². The highest BCUT2D eigenvalue weighted by molar-refractivity contribution is 7.90. The van der Waals surface area contributed by atoms with E-state index in [-0.39, 0.29) is 23.4 Å². The molecule has 0 atom stereocenters. The number of nitrogens with zero attached hydrogens (tertiary/aromatic N) is 2. The lowest BCUT2D eigenvalue weighted by Crippen LogP contribution is -2.22. The SMILES string of the molecule is COc1cc(CS(=O)(=O)c2nc3ccccc3n2CC(=O)Nc2ccc(NC(C)=O)cc2)cc(OC)c1. The Hall–Kier alpha value is -4.38. The van der Waals surface area contributed by atoms with Crippen LogP contribution in [0.5, 0.6) is 11.5 Å². The van der Waals surface area contributed by atoms with Crippen molar-refractivity contribution in [2.75, 3.05) is 24.9 Å². The van der Waals surface area contributed by atoms with E-state index in [1.807, 2.05) is 0 Å². The van der Waals surface area contributed by atoms with Crippen molar-refractivity contribution in [3.05, 3.63) is 72.3 Å². The molecule has 0 aliphatic carbocycles. The van der Waals surface area contributed by atoms with E-state index in [0.717, 1.165) is 0 Å². The number of hydrogen-bond acceptors (Lipinski definition) is 7. The smallest absolute Gasteiger partial charge is 0.244 e. The number of ether oxygens (including phenoxy) is 2. The third-order valence-corrected chi connectivity index (χ3v) is 7.04. The van der Waals surface area contributed by atoms with Crippen molar-refractivity contribution < 1.29 is 27.5 Å². The van der Waals surface area contributed by atoms with E-state index in [1.54, 1.807) is 66.7 Å². The molecule has 4 aromatic rings. The Bertz CT molecular complexity index is 1540. The number of aromatic nitrogens is 2. The minimum Gasteiger partial charge on any atom is -0.497 e. The second-order valence-electron chi connectivity index (χ2n) is 8.26. The number of sulfone groups is 1. The lowest BCUT2D eigenvalue weighted by Gasteiger charge is -2.12. The molecular weight excluding hydrogens is 496 g/mol. The van der Waals surface area contributed by atoms with Gasteiger partial charge in [-0.25, -0.2) is 13.4 Å². The Balaban J connectivity index is 1.63. The summed E-state index contributed by atoms with van der Waals surface area (Å²) in [7, 11) is -1.00. The van der Waals surface area contributed by atoms with E-state index < -0.39 is 15.7 Å². The maximum atomic E-state index is 13.5. The van der Waals surface area contributed by atoms with Gasteiger partial charge in [0.2, 0.25) is 26.8 Å². The van der Waals surface area contributed by atoms with Gasteiger partial charge in [-0.3, -0.25) is 9.59 Å². The van der Waals surface area contributed by atoms with Crippen molar-refractivity contribution in [1.82, 2.24) is 9.55 Å². The average molecular weight is 523 g/mol. The molecule has 0 aliphatic rings. The first-order valence-corrected chi connectivity index (χ1v) is 12.9. The predicted molar refractivity (Wildman–Crippen MR) is 140 cm³/mol. The molecule has 0 fully saturated rings. The fourth-order valence-electron chi connectivity index (χ4n) is 3.86. The Morgan fingerprint density at radius 3 is 2.08 bits per heavy atom. The highest BCUT2D eigenvalue weighted by Crippen LogP contribution is 2.27. The zero-order valence-corrected chi connectivity index (χ0v) is 21.3. The number of hydrogen-bond donors (Lipinski definition) is 2. The minimum absolute atomic E-state index is 0.204. The first-order valence-electron chi connectivity index (χ1n) is 11.3. The number of benzene rings is 3. The van der Waals surface area contributed by atoms with E-state index >= 15 is 0 Å². The molecule has 1 heterocycles. The van der Waals surface area contributed by atoms with E-state index in [9.17, 15) is 18.0 Å². The molecular formula is C26H26N4O6S. The molecule has 2 amide bonds. The number of methoxy groups -OCH3 is 2. The molecule has 10 nitrogen and oxygen atoms in total. The third-order valence-electron chi connectivity index (χ3n) is 5.46. The van der Waals surface area contributed by atoms with Crippen LogP contribution in [-0.2, 0) is 31.7 Å². The maximum absolute atomic E-state index is 13.5. The fourth-order valence-corrected chi connectivity index (χ4v) is 5.33. The molecule has 0 saturated heterocycles. The number of carbonyl (C=O) groups excluding carboxylic acids is 2. The van der Waals surface area contributed by atoms with Crippen LogP contribution in [0.4, 0.5) is 11.4 Å². The first kappa shape index (κ1) is 25.7. The van der Waals surface area contributed by atoms with Gasteiger partial charge >= 0.3 is 0 Å². The van der Waals surface area contributed by atoms with Crippen LogP contribution in [0.2, 0.25) is 0 Å². The second kappa shape index (κ2) is 10.7. The Labute approximate surface area is 214 Å². The zero-order chi connectivity index (χ0) is 26.6. The molecule has 2 N–H and O–H groups in total. The lowest BCUT2D eigenvalue weighted by atomic mass is 10.2. The van der Waals surface area contributed by atoms with Gasteiger partial charge in [-0.15, -0.1) is 0 Å². The quantitative estimate of drug-likeness (QED) is 0.343. The monoisotopic (exact) mass is 522 g/mol. The van der Waals surface area contributed by atoms with Crippen molar-refractivity contribution >= 4 is 44.1 Å². The van der Waals surface area contributed by atoms with E-state index in [1.165, 1.54) is 25.7 Å². The molecule has 4 rings (SSSR count). The molecule has 0 spiro atoms.